The summed E-state index contributed by atoms with van der Waals surface area (Å²) in [5, 5.41) is 8.65. The summed E-state index contributed by atoms with van der Waals surface area (Å²) in [5.74, 6) is -0.427. The first-order chi connectivity index (χ1) is 8.52. The highest BCUT2D eigenvalue weighted by Gasteiger charge is 2.14. The van der Waals surface area contributed by atoms with Gasteiger partial charge in [-0.15, -0.1) is 0 Å². The van der Waals surface area contributed by atoms with Crippen molar-refractivity contribution in [1.82, 2.24) is 0 Å². The van der Waals surface area contributed by atoms with Crippen molar-refractivity contribution in [2.45, 2.75) is 26.7 Å². The molecule has 1 aromatic rings. The molecule has 1 atom stereocenters. The molecule has 0 unspecified atom stereocenters. The molecule has 0 aromatic heterocycles. The van der Waals surface area contributed by atoms with Gasteiger partial charge in [-0.05, 0) is 25.0 Å². The Morgan fingerprint density at radius 3 is 2.67 bits per heavy atom. The van der Waals surface area contributed by atoms with Gasteiger partial charge in [-0.25, -0.2) is 0 Å². The van der Waals surface area contributed by atoms with E-state index in [2.05, 4.69) is 0 Å². The van der Waals surface area contributed by atoms with Gasteiger partial charge in [0.2, 0.25) is 0 Å². The number of carboxylic acids is 1. The second-order valence-electron chi connectivity index (χ2n) is 4.29. The lowest BCUT2D eigenvalue weighted by molar-refractivity contribution is -0.137. The minimum atomic E-state index is -0.877. The Morgan fingerprint density at radius 2 is 2.06 bits per heavy atom. The maximum atomic E-state index is 11.9. The van der Waals surface area contributed by atoms with Gasteiger partial charge in [0, 0.05) is 18.4 Å². The zero-order valence-corrected chi connectivity index (χ0v) is 10.7. The van der Waals surface area contributed by atoms with Crippen molar-refractivity contribution in [1.29, 1.82) is 0 Å². The van der Waals surface area contributed by atoms with E-state index in [1.54, 1.807) is 31.2 Å². The number of carbonyl (C=O) groups is 2. The van der Waals surface area contributed by atoms with E-state index < -0.39 is 5.97 Å². The lowest BCUT2D eigenvalue weighted by atomic mass is 9.97. The van der Waals surface area contributed by atoms with Crippen LogP contribution in [0.3, 0.4) is 0 Å². The molecule has 0 saturated heterocycles. The van der Waals surface area contributed by atoms with Crippen molar-refractivity contribution in [2.24, 2.45) is 5.92 Å². The Bertz CT molecular complexity index is 426. The van der Waals surface area contributed by atoms with Crippen molar-refractivity contribution < 1.29 is 19.4 Å². The number of benzene rings is 1. The van der Waals surface area contributed by atoms with Crippen LogP contribution in [0.5, 0.6) is 5.75 Å². The second kappa shape index (κ2) is 6.79. The van der Waals surface area contributed by atoms with E-state index in [1.165, 1.54) is 0 Å². The number of carbonyl (C=O) groups excluding carboxylic acids is 1. The third-order valence-electron chi connectivity index (χ3n) is 2.52. The molecular formula is C14H18O4. The van der Waals surface area contributed by atoms with Crippen LogP contribution in [-0.2, 0) is 4.79 Å². The van der Waals surface area contributed by atoms with Crippen LogP contribution in [0.25, 0.3) is 0 Å². The van der Waals surface area contributed by atoms with Crippen molar-refractivity contribution in [3.8, 4) is 5.75 Å². The number of aliphatic carboxylic acids is 1. The van der Waals surface area contributed by atoms with Gasteiger partial charge >= 0.3 is 5.97 Å². The van der Waals surface area contributed by atoms with Crippen molar-refractivity contribution in [3.05, 3.63) is 29.8 Å². The lowest BCUT2D eigenvalue weighted by Gasteiger charge is -2.09. The van der Waals surface area contributed by atoms with Crippen LogP contribution in [0.2, 0.25) is 0 Å². The maximum Gasteiger partial charge on any atom is 0.303 e. The quantitative estimate of drug-likeness (QED) is 0.756. The Labute approximate surface area is 107 Å². The average Bonchev–Trinajstić information content (AvgIpc) is 2.28. The number of carboxylic acid groups (broad SMARTS) is 1. The second-order valence-corrected chi connectivity index (χ2v) is 4.29. The maximum absolute atomic E-state index is 11.9. The minimum absolute atomic E-state index is 0.0108. The summed E-state index contributed by atoms with van der Waals surface area (Å²) < 4.78 is 5.32. The van der Waals surface area contributed by atoms with Gasteiger partial charge in [-0.2, -0.15) is 0 Å². The molecule has 18 heavy (non-hydrogen) atoms. The number of hydrogen-bond donors (Lipinski definition) is 1. The molecule has 1 rings (SSSR count). The van der Waals surface area contributed by atoms with Crippen LogP contribution >= 0.6 is 0 Å². The lowest BCUT2D eigenvalue weighted by Crippen LogP contribution is -2.10. The molecule has 98 valence electrons. The normalized spacial score (nSPS) is 11.9. The topological polar surface area (TPSA) is 63.6 Å². The molecule has 0 saturated carbocycles. The predicted molar refractivity (Wildman–Crippen MR) is 68.0 cm³/mol. The summed E-state index contributed by atoms with van der Waals surface area (Å²) in [6, 6.07) is 6.97. The van der Waals surface area contributed by atoms with Crippen molar-refractivity contribution >= 4 is 11.8 Å². The summed E-state index contributed by atoms with van der Waals surface area (Å²) in [7, 11) is 0. The summed E-state index contributed by atoms with van der Waals surface area (Å²) >= 11 is 0. The van der Waals surface area contributed by atoms with Gasteiger partial charge in [0.25, 0.3) is 0 Å². The smallest absolute Gasteiger partial charge is 0.303 e. The van der Waals surface area contributed by atoms with Gasteiger partial charge in [0.05, 0.1) is 6.61 Å². The summed E-state index contributed by atoms with van der Waals surface area (Å²) in [5.41, 5.74) is 0.568. The Balaban J connectivity index is 2.66. The Morgan fingerprint density at radius 1 is 1.33 bits per heavy atom. The van der Waals surface area contributed by atoms with E-state index in [9.17, 15) is 9.59 Å². The molecule has 0 aliphatic carbocycles. The van der Waals surface area contributed by atoms with Crippen molar-refractivity contribution in [2.75, 3.05) is 6.61 Å². The highest BCUT2D eigenvalue weighted by atomic mass is 16.5. The summed E-state index contributed by atoms with van der Waals surface area (Å²) in [4.78, 5) is 22.5. The molecule has 0 heterocycles. The molecule has 4 nitrogen and oxygen atoms in total. The first-order valence-electron chi connectivity index (χ1n) is 6.00. The molecule has 0 aliphatic heterocycles. The van der Waals surface area contributed by atoms with Gasteiger partial charge in [0.15, 0.2) is 5.78 Å². The molecule has 0 bridgehead atoms. The van der Waals surface area contributed by atoms with Crippen LogP contribution in [0.4, 0.5) is 0 Å². The fourth-order valence-corrected chi connectivity index (χ4v) is 1.73. The third kappa shape index (κ3) is 4.57. The van der Waals surface area contributed by atoms with Crippen LogP contribution < -0.4 is 4.74 Å². The van der Waals surface area contributed by atoms with Gasteiger partial charge < -0.3 is 9.84 Å². The third-order valence-corrected chi connectivity index (χ3v) is 2.52. The summed E-state index contributed by atoms with van der Waals surface area (Å²) in [6.07, 6.45) is 0.249. The van der Waals surface area contributed by atoms with E-state index in [4.69, 9.17) is 9.84 Å². The van der Waals surface area contributed by atoms with Gasteiger partial charge in [-0.3, -0.25) is 9.59 Å². The average molecular weight is 250 g/mol. The zero-order chi connectivity index (χ0) is 13.5. The zero-order valence-electron chi connectivity index (χ0n) is 10.7. The van der Waals surface area contributed by atoms with Gasteiger partial charge in [0.1, 0.15) is 5.75 Å². The highest BCUT2D eigenvalue weighted by Crippen LogP contribution is 2.17. The fraction of sp³-hybridized carbons (Fsp3) is 0.429. The SMILES string of the molecule is CCOc1cccc(C(=O)C[C@@H](C)CC(=O)O)c1. The van der Waals surface area contributed by atoms with Crippen LogP contribution in [0, 0.1) is 5.92 Å². The van der Waals surface area contributed by atoms with Crippen molar-refractivity contribution in [3.63, 3.8) is 0 Å². The monoisotopic (exact) mass is 250 g/mol. The number of rotatable bonds is 7. The van der Waals surface area contributed by atoms with Crippen LogP contribution in [-0.4, -0.2) is 23.5 Å². The first-order valence-corrected chi connectivity index (χ1v) is 6.00. The highest BCUT2D eigenvalue weighted by molar-refractivity contribution is 5.96. The van der Waals surface area contributed by atoms with E-state index >= 15 is 0 Å². The van der Waals surface area contributed by atoms with E-state index in [-0.39, 0.29) is 24.5 Å². The van der Waals surface area contributed by atoms with E-state index in [0.717, 1.165) is 0 Å². The largest absolute Gasteiger partial charge is 0.494 e. The molecule has 0 amide bonds. The van der Waals surface area contributed by atoms with E-state index in [1.807, 2.05) is 6.92 Å². The molecule has 0 spiro atoms. The van der Waals surface area contributed by atoms with Crippen LogP contribution in [0.1, 0.15) is 37.0 Å². The minimum Gasteiger partial charge on any atom is -0.494 e. The van der Waals surface area contributed by atoms with E-state index in [0.29, 0.717) is 17.9 Å². The molecule has 0 aliphatic rings. The number of hydrogen-bond acceptors (Lipinski definition) is 3. The Hall–Kier alpha value is -1.84. The summed E-state index contributed by atoms with van der Waals surface area (Å²) in [6.45, 7) is 4.19. The first kappa shape index (κ1) is 14.2. The number of ketones is 1. The Kier molecular flexibility index (Phi) is 5.36. The molecule has 0 fully saturated rings. The predicted octanol–water partition coefficient (Wildman–Crippen LogP) is 2.77. The molecule has 0 radical (unpaired) electrons. The standard InChI is InChI=1S/C14H18O4/c1-3-18-12-6-4-5-11(9-12)13(15)7-10(2)8-14(16)17/h4-6,9-10H,3,7-8H2,1-2H3,(H,16,17)/t10-/m1/s1. The molecular weight excluding hydrogens is 232 g/mol. The van der Waals surface area contributed by atoms with Crippen LogP contribution in [0.15, 0.2) is 24.3 Å². The molecule has 4 heteroatoms. The number of Topliss-reactive ketones (excluding diaryl/α,β-unsaturated/α-hetero) is 1. The molecule has 1 N–H and O–H groups in total. The number of ether oxygens (including phenoxy) is 1. The van der Waals surface area contributed by atoms with Gasteiger partial charge in [-0.1, -0.05) is 19.1 Å². The fourth-order valence-electron chi connectivity index (χ4n) is 1.73. The molecule has 1 aromatic carbocycles.